The van der Waals surface area contributed by atoms with Crippen molar-refractivity contribution in [2.45, 2.75) is 25.7 Å². The quantitative estimate of drug-likeness (QED) is 0.0911. The standard InChI is InChI=1S/C10H22O8S6.2Na/c11-21(12)7-1-3-9-23(15,16)19-5-6-20-24(17,18)10-4-2-8-22(13)14;;/h1-10H2,(H,11,12)(H,13,14);;/q;2*+1/p-2. The van der Waals surface area contributed by atoms with Gasteiger partial charge in [-0.1, -0.05) is 22.2 Å². The Balaban J connectivity index is -0.00000264. The van der Waals surface area contributed by atoms with Crippen molar-refractivity contribution >= 4 is 61.5 Å². The normalized spacial score (nSPS) is 14.1. The second-order valence-electron chi connectivity index (χ2n) is 4.60. The van der Waals surface area contributed by atoms with Gasteiger partial charge in [-0.25, -0.2) is 16.8 Å². The van der Waals surface area contributed by atoms with E-state index >= 15 is 0 Å². The number of hydrogen-bond donors (Lipinski definition) is 0. The molecule has 2 unspecified atom stereocenters. The fourth-order valence-corrected chi connectivity index (χ4v) is 8.88. The van der Waals surface area contributed by atoms with E-state index in [1.165, 1.54) is 0 Å². The van der Waals surface area contributed by atoms with Crippen molar-refractivity contribution in [2.24, 2.45) is 0 Å². The van der Waals surface area contributed by atoms with Crippen LogP contribution in [0.15, 0.2) is 0 Å². The molecule has 2 atom stereocenters. The Morgan fingerprint density at radius 1 is 0.654 bits per heavy atom. The van der Waals surface area contributed by atoms with Crippen LogP contribution in [0.3, 0.4) is 0 Å². The van der Waals surface area contributed by atoms with Gasteiger partial charge < -0.3 is 9.11 Å². The molecular formula is C10H20Na2O8S6. The third-order valence-corrected chi connectivity index (χ3v) is 11.2. The van der Waals surface area contributed by atoms with Gasteiger partial charge in [0, 0.05) is 23.0 Å². The summed E-state index contributed by atoms with van der Waals surface area (Å²) in [5.41, 5.74) is 0. The van der Waals surface area contributed by atoms with E-state index in [-0.39, 0.29) is 119 Å². The summed E-state index contributed by atoms with van der Waals surface area (Å²) in [6.07, 6.45) is 1.03. The van der Waals surface area contributed by atoms with E-state index in [2.05, 4.69) is 0 Å². The van der Waals surface area contributed by atoms with Crippen LogP contribution in [0.5, 0.6) is 0 Å². The van der Waals surface area contributed by atoms with E-state index in [1.807, 2.05) is 0 Å². The first-order chi connectivity index (χ1) is 11.0. The van der Waals surface area contributed by atoms with Crippen molar-refractivity contribution in [1.29, 1.82) is 0 Å². The zero-order valence-electron chi connectivity index (χ0n) is 14.8. The predicted octanol–water partition coefficient (Wildman–Crippen LogP) is -5.56. The Bertz CT molecular complexity index is 555. The van der Waals surface area contributed by atoms with Crippen molar-refractivity contribution in [3.63, 3.8) is 0 Å². The second kappa shape index (κ2) is 18.6. The summed E-state index contributed by atoms with van der Waals surface area (Å²) in [5, 5.41) is 0. The van der Waals surface area contributed by atoms with Crippen LogP contribution >= 0.6 is 21.6 Å². The molecule has 0 N–H and O–H groups in total. The molecule has 8 nitrogen and oxygen atoms in total. The molecule has 26 heavy (non-hydrogen) atoms. The van der Waals surface area contributed by atoms with Gasteiger partial charge in [-0.2, -0.15) is 0 Å². The third-order valence-electron chi connectivity index (χ3n) is 2.52. The topological polar surface area (TPSA) is 149 Å². The van der Waals surface area contributed by atoms with Gasteiger partial charge in [-0.3, -0.25) is 8.42 Å². The van der Waals surface area contributed by atoms with Gasteiger partial charge in [-0.05, 0) is 47.3 Å². The van der Waals surface area contributed by atoms with E-state index in [1.54, 1.807) is 0 Å². The molecule has 0 radical (unpaired) electrons. The molecule has 146 valence electrons. The van der Waals surface area contributed by atoms with Crippen LogP contribution < -0.4 is 59.1 Å². The van der Waals surface area contributed by atoms with E-state index in [0.29, 0.717) is 21.6 Å². The Hall–Kier alpha value is 2.82. The summed E-state index contributed by atoms with van der Waals surface area (Å²) in [4.78, 5) is 0. The summed E-state index contributed by atoms with van der Waals surface area (Å²) < 4.78 is 87.9. The van der Waals surface area contributed by atoms with Crippen LogP contribution in [0.4, 0.5) is 0 Å². The summed E-state index contributed by atoms with van der Waals surface area (Å²) in [7, 11) is -5.45. The van der Waals surface area contributed by atoms with Crippen LogP contribution in [-0.2, 0) is 39.9 Å². The number of unbranched alkanes of at least 4 members (excludes halogenated alkanes) is 2. The first-order valence-corrected chi connectivity index (χ1v) is 15.7. The Morgan fingerprint density at radius 2 is 0.962 bits per heavy atom. The second-order valence-corrected chi connectivity index (χ2v) is 15.4. The first kappa shape index (κ1) is 33.5. The summed E-state index contributed by atoms with van der Waals surface area (Å²) in [5.74, 6) is -0.200. The minimum Gasteiger partial charge on any atom is -0.772 e. The first-order valence-electron chi connectivity index (χ1n) is 6.90. The molecule has 0 heterocycles. The average molecular weight is 507 g/mol. The molecule has 0 aromatic rings. The smallest absolute Gasteiger partial charge is 0.772 e. The van der Waals surface area contributed by atoms with Crippen LogP contribution in [0, 0.1) is 0 Å². The maximum Gasteiger partial charge on any atom is 1.00 e. The third kappa shape index (κ3) is 23.1. The maximum absolute atomic E-state index is 11.7. The molecule has 0 bridgehead atoms. The van der Waals surface area contributed by atoms with E-state index < -0.39 is 39.9 Å². The Morgan fingerprint density at radius 3 is 1.23 bits per heavy atom. The molecular weight excluding hydrogens is 486 g/mol. The molecule has 0 aliphatic carbocycles. The molecule has 16 heteroatoms. The minimum absolute atomic E-state index is 0. The summed E-state index contributed by atoms with van der Waals surface area (Å²) >= 11 is -4.35. The Labute approximate surface area is 212 Å². The monoisotopic (exact) mass is 506 g/mol. The molecule has 0 aliphatic heterocycles. The minimum atomic E-state index is -3.39. The van der Waals surface area contributed by atoms with Gasteiger partial charge in [0.25, 0.3) is 0 Å². The molecule has 0 aromatic heterocycles. The molecule has 0 spiro atoms. The molecule has 0 rings (SSSR count). The van der Waals surface area contributed by atoms with Crippen molar-refractivity contribution in [3.05, 3.63) is 0 Å². The van der Waals surface area contributed by atoms with Crippen LogP contribution in [0.25, 0.3) is 0 Å². The molecule has 0 fully saturated rings. The van der Waals surface area contributed by atoms with Crippen molar-refractivity contribution in [3.8, 4) is 0 Å². The predicted molar refractivity (Wildman–Crippen MR) is 98.5 cm³/mol. The van der Waals surface area contributed by atoms with E-state index in [4.69, 9.17) is 0 Å². The van der Waals surface area contributed by atoms with Gasteiger partial charge in [0.2, 0.25) is 17.7 Å². The van der Waals surface area contributed by atoms with Gasteiger partial charge >= 0.3 is 59.1 Å². The molecule has 0 saturated carbocycles. The van der Waals surface area contributed by atoms with Gasteiger partial charge in [0.15, 0.2) is 0 Å². The van der Waals surface area contributed by atoms with Gasteiger partial charge in [0.05, 0.1) is 11.5 Å². The molecule has 0 aromatic carbocycles. The van der Waals surface area contributed by atoms with Crippen LogP contribution in [0.1, 0.15) is 25.7 Å². The zero-order valence-corrected chi connectivity index (χ0v) is 23.7. The van der Waals surface area contributed by atoms with E-state index in [0.717, 1.165) is 0 Å². The van der Waals surface area contributed by atoms with Gasteiger partial charge in [0.1, 0.15) is 0 Å². The number of hydrogen-bond acceptors (Lipinski definition) is 10. The largest absolute Gasteiger partial charge is 1.00 e. The summed E-state index contributed by atoms with van der Waals surface area (Å²) in [6, 6.07) is 0. The molecule has 0 saturated heterocycles. The van der Waals surface area contributed by atoms with Crippen molar-refractivity contribution < 1.29 is 93.5 Å². The fourth-order valence-electron chi connectivity index (χ4n) is 1.44. The van der Waals surface area contributed by atoms with E-state index in [9.17, 15) is 34.4 Å². The van der Waals surface area contributed by atoms with Crippen molar-refractivity contribution in [2.75, 3.05) is 34.5 Å². The zero-order chi connectivity index (χ0) is 18.6. The van der Waals surface area contributed by atoms with Crippen LogP contribution in [0.2, 0.25) is 0 Å². The van der Waals surface area contributed by atoms with Gasteiger partial charge in [-0.15, -0.1) is 0 Å². The Kier molecular flexibility index (Phi) is 23.9. The fraction of sp³-hybridized carbons (Fsp3) is 1.00. The maximum atomic E-state index is 11.7. The van der Waals surface area contributed by atoms with Crippen molar-refractivity contribution in [1.82, 2.24) is 0 Å². The molecule has 0 aliphatic rings. The summed E-state index contributed by atoms with van der Waals surface area (Å²) in [6.45, 7) is 0. The number of rotatable bonds is 15. The average Bonchev–Trinajstić information content (AvgIpc) is 2.44. The SMILES string of the molecule is O=S([O-])CCCCS(=O)(=O)SCCSS(=O)(=O)CCCCS(=O)[O-].[Na+].[Na+]. The van der Waals surface area contributed by atoms with Crippen LogP contribution in [-0.4, -0.2) is 68.9 Å². The molecule has 0 amide bonds.